The zero-order valence-corrected chi connectivity index (χ0v) is 18.9. The number of ether oxygens (including phenoxy) is 1. The number of hydrogen-bond acceptors (Lipinski definition) is 6. The van der Waals surface area contributed by atoms with Crippen LogP contribution in [-0.2, 0) is 4.74 Å². The number of nitrogens with zero attached hydrogens (tertiary/aromatic N) is 3. The van der Waals surface area contributed by atoms with Gasteiger partial charge in [0, 0.05) is 26.2 Å². The number of hydrogen-bond donors (Lipinski definition) is 2. The number of piperidine rings is 1. The zero-order chi connectivity index (χ0) is 20.7. The molecule has 0 radical (unpaired) electrons. The lowest BCUT2D eigenvalue weighted by molar-refractivity contribution is 0.0531. The molecule has 28 heavy (non-hydrogen) atoms. The molecule has 0 bridgehead atoms. The summed E-state index contributed by atoms with van der Waals surface area (Å²) in [6.07, 6.45) is 2.50. The Morgan fingerprint density at radius 2 is 2.18 bits per heavy atom. The lowest BCUT2D eigenvalue weighted by Crippen LogP contribution is -2.46. The first kappa shape index (κ1) is 22.6. The minimum Gasteiger partial charge on any atom is -0.462 e. The summed E-state index contributed by atoms with van der Waals surface area (Å²) in [7, 11) is 1.78. The predicted molar refractivity (Wildman–Crippen MR) is 115 cm³/mol. The van der Waals surface area contributed by atoms with Crippen molar-refractivity contribution < 1.29 is 9.53 Å². The molecule has 7 nitrogen and oxygen atoms in total. The average Bonchev–Trinajstić information content (AvgIpc) is 3.07. The van der Waals surface area contributed by atoms with Crippen LogP contribution in [0.5, 0.6) is 0 Å². The van der Waals surface area contributed by atoms with E-state index in [-0.39, 0.29) is 12.0 Å². The Balaban J connectivity index is 1.90. The number of aliphatic imine (C=N–C) groups is 1. The van der Waals surface area contributed by atoms with E-state index in [0.29, 0.717) is 29.1 Å². The topological polar surface area (TPSA) is 78.8 Å². The molecular weight excluding hydrogens is 374 g/mol. The Morgan fingerprint density at radius 3 is 2.82 bits per heavy atom. The molecule has 0 saturated carbocycles. The summed E-state index contributed by atoms with van der Waals surface area (Å²) < 4.78 is 5.11. The smallest absolute Gasteiger partial charge is 0.350 e. The summed E-state index contributed by atoms with van der Waals surface area (Å²) in [5, 5.41) is 7.70. The second kappa shape index (κ2) is 10.8. The molecule has 2 rings (SSSR count). The van der Waals surface area contributed by atoms with Gasteiger partial charge in [0.15, 0.2) is 5.96 Å². The third kappa shape index (κ3) is 6.17. The fourth-order valence-electron chi connectivity index (χ4n) is 3.42. The highest BCUT2D eigenvalue weighted by molar-refractivity contribution is 7.13. The number of nitrogens with one attached hydrogen (secondary N) is 2. The number of esters is 1. The van der Waals surface area contributed by atoms with Crippen LogP contribution in [0.25, 0.3) is 0 Å². The molecule has 2 unspecified atom stereocenters. The van der Waals surface area contributed by atoms with Gasteiger partial charge < -0.3 is 20.3 Å². The van der Waals surface area contributed by atoms with E-state index in [4.69, 9.17) is 4.74 Å². The molecule has 1 aromatic heterocycles. The fourth-order valence-corrected chi connectivity index (χ4v) is 4.39. The number of rotatable bonds is 7. The Morgan fingerprint density at radius 1 is 1.43 bits per heavy atom. The molecule has 158 valence electrons. The van der Waals surface area contributed by atoms with Gasteiger partial charge in [-0.1, -0.05) is 0 Å². The maximum atomic E-state index is 12.0. The molecule has 0 aliphatic carbocycles. The van der Waals surface area contributed by atoms with Crippen molar-refractivity contribution >= 4 is 23.3 Å². The van der Waals surface area contributed by atoms with Gasteiger partial charge in [-0.15, -0.1) is 11.3 Å². The van der Waals surface area contributed by atoms with Gasteiger partial charge in [-0.05, 0) is 59.9 Å². The van der Waals surface area contributed by atoms with Gasteiger partial charge >= 0.3 is 5.97 Å². The molecule has 2 N–H and O–H groups in total. The molecule has 0 spiro atoms. The number of thiazole rings is 1. The highest BCUT2D eigenvalue weighted by Gasteiger charge is 2.23. The maximum Gasteiger partial charge on any atom is 0.350 e. The van der Waals surface area contributed by atoms with Crippen LogP contribution in [0.15, 0.2) is 4.99 Å². The Labute approximate surface area is 173 Å². The third-order valence-electron chi connectivity index (χ3n) is 5.06. The quantitative estimate of drug-likeness (QED) is 0.409. The van der Waals surface area contributed by atoms with Gasteiger partial charge in [-0.2, -0.15) is 0 Å². The normalized spacial score (nSPS) is 19.5. The van der Waals surface area contributed by atoms with Crippen LogP contribution in [0.4, 0.5) is 0 Å². The van der Waals surface area contributed by atoms with Crippen molar-refractivity contribution in [3.63, 3.8) is 0 Å². The van der Waals surface area contributed by atoms with Crippen molar-refractivity contribution in [1.29, 1.82) is 0 Å². The minimum absolute atomic E-state index is 0.0448. The second-order valence-electron chi connectivity index (χ2n) is 7.60. The molecule has 2 heterocycles. The number of carbonyl (C=O) groups excluding carboxylic acids is 1. The third-order valence-corrected chi connectivity index (χ3v) is 6.38. The van der Waals surface area contributed by atoms with Gasteiger partial charge in [-0.3, -0.25) is 4.99 Å². The molecule has 0 aromatic carbocycles. The summed E-state index contributed by atoms with van der Waals surface area (Å²) in [6, 6.07) is 0.554. The molecule has 1 fully saturated rings. The molecule has 1 aliphatic heterocycles. The Hall–Kier alpha value is -1.67. The first-order valence-electron chi connectivity index (χ1n) is 10.2. The van der Waals surface area contributed by atoms with Gasteiger partial charge in [0.2, 0.25) is 0 Å². The summed E-state index contributed by atoms with van der Waals surface area (Å²) in [4.78, 5) is 24.0. The number of aryl methyl sites for hydroxylation is 1. The van der Waals surface area contributed by atoms with Crippen molar-refractivity contribution in [2.45, 2.75) is 59.5 Å². The van der Waals surface area contributed by atoms with Crippen molar-refractivity contribution in [2.75, 3.05) is 33.3 Å². The van der Waals surface area contributed by atoms with E-state index < -0.39 is 0 Å². The van der Waals surface area contributed by atoms with Crippen LogP contribution < -0.4 is 10.6 Å². The largest absolute Gasteiger partial charge is 0.462 e. The molecule has 1 aromatic rings. The van der Waals surface area contributed by atoms with Crippen molar-refractivity contribution in [3.8, 4) is 0 Å². The summed E-state index contributed by atoms with van der Waals surface area (Å²) in [5.41, 5.74) is 0.714. The Bertz CT molecular complexity index is 674. The van der Waals surface area contributed by atoms with Gasteiger partial charge in [0.1, 0.15) is 9.88 Å². The summed E-state index contributed by atoms with van der Waals surface area (Å²) in [5.74, 6) is 1.09. The lowest BCUT2D eigenvalue weighted by Gasteiger charge is -2.35. The number of guanidine groups is 1. The predicted octanol–water partition coefficient (Wildman–Crippen LogP) is 2.97. The van der Waals surface area contributed by atoms with Crippen LogP contribution in [0.1, 0.15) is 67.0 Å². The van der Waals surface area contributed by atoms with Crippen LogP contribution in [0, 0.1) is 12.8 Å². The summed E-state index contributed by atoms with van der Waals surface area (Å²) in [6.45, 7) is 13.8. The van der Waals surface area contributed by atoms with Crippen molar-refractivity contribution in [1.82, 2.24) is 20.5 Å². The van der Waals surface area contributed by atoms with E-state index in [0.717, 1.165) is 24.1 Å². The summed E-state index contributed by atoms with van der Waals surface area (Å²) >= 11 is 1.38. The Kier molecular flexibility index (Phi) is 8.69. The van der Waals surface area contributed by atoms with Crippen LogP contribution in [0.2, 0.25) is 0 Å². The van der Waals surface area contributed by atoms with Gasteiger partial charge in [-0.25, -0.2) is 9.78 Å². The van der Waals surface area contributed by atoms with Gasteiger partial charge in [0.05, 0.1) is 18.3 Å². The maximum absolute atomic E-state index is 12.0. The molecule has 8 heteroatoms. The zero-order valence-electron chi connectivity index (χ0n) is 18.0. The number of aromatic nitrogens is 1. The highest BCUT2D eigenvalue weighted by atomic mass is 32.1. The van der Waals surface area contributed by atoms with Crippen LogP contribution in [0.3, 0.4) is 0 Å². The highest BCUT2D eigenvalue weighted by Crippen LogP contribution is 2.24. The van der Waals surface area contributed by atoms with Gasteiger partial charge in [0.25, 0.3) is 0 Å². The molecule has 1 aliphatic rings. The van der Waals surface area contributed by atoms with Crippen molar-refractivity contribution in [3.05, 3.63) is 15.6 Å². The molecule has 1 saturated heterocycles. The fraction of sp³-hybridized carbons (Fsp3) is 0.750. The molecule has 2 atom stereocenters. The van der Waals surface area contributed by atoms with E-state index in [1.54, 1.807) is 7.05 Å². The first-order chi connectivity index (χ1) is 13.3. The van der Waals surface area contributed by atoms with E-state index >= 15 is 0 Å². The molecular formula is C20H35N5O2S. The monoisotopic (exact) mass is 409 g/mol. The van der Waals surface area contributed by atoms with Crippen LogP contribution >= 0.6 is 11.3 Å². The van der Waals surface area contributed by atoms with Crippen LogP contribution in [-0.4, -0.2) is 61.1 Å². The molecule has 0 amide bonds. The van der Waals surface area contributed by atoms with E-state index in [1.165, 1.54) is 30.7 Å². The number of likely N-dealkylation sites (tertiary alicyclic amines) is 1. The second-order valence-corrected chi connectivity index (χ2v) is 8.63. The van der Waals surface area contributed by atoms with E-state index in [1.807, 2.05) is 20.8 Å². The standard InChI is InChI=1S/C20H35N5O2S/c1-7-27-19(26)17-14(4)23-18(28-17)15(5)24-20(21-6)22-11-16-9-8-10-25(12-16)13(2)3/h13,15-16H,7-12H2,1-6H3,(H2,21,22,24). The average molecular weight is 410 g/mol. The first-order valence-corrected chi connectivity index (χ1v) is 11.0. The number of carbonyl (C=O) groups is 1. The lowest BCUT2D eigenvalue weighted by atomic mass is 9.97. The van der Waals surface area contributed by atoms with Crippen molar-refractivity contribution in [2.24, 2.45) is 10.9 Å². The van der Waals surface area contributed by atoms with E-state index in [2.05, 4.69) is 39.4 Å². The van der Waals surface area contributed by atoms with E-state index in [9.17, 15) is 4.79 Å². The SMILES string of the molecule is CCOC(=O)c1sc(C(C)NC(=NC)NCC2CCCN(C(C)C)C2)nc1C. The minimum atomic E-state index is -0.300.